The number of hydrogen-bond acceptors (Lipinski definition) is 4. The lowest BCUT2D eigenvalue weighted by molar-refractivity contribution is -0.139. The second-order valence-electron chi connectivity index (χ2n) is 3.41. The van der Waals surface area contributed by atoms with Gasteiger partial charge in [0.05, 0.1) is 12.4 Å². The summed E-state index contributed by atoms with van der Waals surface area (Å²) in [6, 6.07) is 7.44. The number of nitrogens with two attached hydrogens (primary N) is 1. The molecule has 0 aliphatic rings. The molecule has 92 valence electrons. The Bertz CT molecular complexity index is 390. The molecule has 0 bridgehead atoms. The number of hydrogen-bond donors (Lipinski definition) is 2. The minimum Gasteiger partial charge on any atom is -0.465 e. The number of benzene rings is 1. The van der Waals surface area contributed by atoms with E-state index in [4.69, 9.17) is 15.9 Å². The van der Waals surface area contributed by atoms with E-state index in [1.807, 2.05) is 24.3 Å². The monoisotopic (exact) mass is 252 g/mol. The quantitative estimate of drug-likeness (QED) is 0.459. The van der Waals surface area contributed by atoms with Crippen LogP contribution in [0.1, 0.15) is 18.1 Å². The summed E-state index contributed by atoms with van der Waals surface area (Å²) in [6.07, 6.45) is 0. The fourth-order valence-electron chi connectivity index (χ4n) is 1.24. The second kappa shape index (κ2) is 6.96. The Morgan fingerprint density at radius 2 is 2.06 bits per heavy atom. The van der Waals surface area contributed by atoms with Crippen molar-refractivity contribution in [3.05, 3.63) is 35.4 Å². The van der Waals surface area contributed by atoms with Crippen LogP contribution in [0.15, 0.2) is 24.3 Å². The number of rotatable bonds is 6. The van der Waals surface area contributed by atoms with Gasteiger partial charge in [-0.3, -0.25) is 10.2 Å². The average Bonchev–Trinajstić information content (AvgIpc) is 2.30. The molecule has 3 N–H and O–H groups in total. The van der Waals surface area contributed by atoms with Crippen molar-refractivity contribution >= 4 is 23.6 Å². The van der Waals surface area contributed by atoms with Gasteiger partial charge in [0.15, 0.2) is 0 Å². The zero-order valence-electron chi connectivity index (χ0n) is 9.73. The number of nitrogen functional groups attached to an aromatic ring is 1. The lowest BCUT2D eigenvalue weighted by Crippen LogP contribution is -2.10. The minimum absolute atomic E-state index is 0.0655. The van der Waals surface area contributed by atoms with Crippen LogP contribution in [0.5, 0.6) is 0 Å². The molecule has 0 aliphatic carbocycles. The third-order valence-corrected chi connectivity index (χ3v) is 3.04. The highest BCUT2D eigenvalue weighted by Crippen LogP contribution is 2.13. The van der Waals surface area contributed by atoms with E-state index in [1.54, 1.807) is 6.92 Å². The van der Waals surface area contributed by atoms with Gasteiger partial charge in [0.25, 0.3) is 0 Å². The zero-order valence-corrected chi connectivity index (χ0v) is 10.5. The Kier molecular flexibility index (Phi) is 5.56. The maximum atomic E-state index is 11.1. The largest absolute Gasteiger partial charge is 0.465 e. The van der Waals surface area contributed by atoms with Crippen molar-refractivity contribution in [3.8, 4) is 0 Å². The molecule has 0 amide bonds. The van der Waals surface area contributed by atoms with Crippen LogP contribution in [0.2, 0.25) is 0 Å². The minimum atomic E-state index is -0.183. The fourth-order valence-corrected chi connectivity index (χ4v) is 2.02. The Morgan fingerprint density at radius 1 is 1.41 bits per heavy atom. The highest BCUT2D eigenvalue weighted by atomic mass is 32.2. The van der Waals surface area contributed by atoms with Gasteiger partial charge < -0.3 is 10.5 Å². The Hall–Kier alpha value is -1.49. The number of amidine groups is 1. The van der Waals surface area contributed by atoms with Gasteiger partial charge in [0.2, 0.25) is 0 Å². The summed E-state index contributed by atoms with van der Waals surface area (Å²) in [5.41, 5.74) is 7.17. The van der Waals surface area contributed by atoms with Crippen molar-refractivity contribution in [2.24, 2.45) is 5.73 Å². The van der Waals surface area contributed by atoms with Gasteiger partial charge in [-0.2, -0.15) is 0 Å². The number of thioether (sulfide) groups is 1. The predicted octanol–water partition coefficient (Wildman–Crippen LogP) is 1.77. The van der Waals surface area contributed by atoms with Gasteiger partial charge in [-0.15, -0.1) is 11.8 Å². The van der Waals surface area contributed by atoms with Crippen molar-refractivity contribution in [1.29, 1.82) is 5.41 Å². The molecule has 0 aromatic heterocycles. The van der Waals surface area contributed by atoms with Gasteiger partial charge in [-0.1, -0.05) is 24.3 Å². The van der Waals surface area contributed by atoms with E-state index in [0.717, 1.165) is 11.3 Å². The number of esters is 1. The van der Waals surface area contributed by atoms with Crippen LogP contribution >= 0.6 is 11.8 Å². The van der Waals surface area contributed by atoms with E-state index >= 15 is 0 Å². The second-order valence-corrected chi connectivity index (χ2v) is 4.39. The summed E-state index contributed by atoms with van der Waals surface area (Å²) in [5, 5.41) is 7.26. The molecule has 0 aliphatic heterocycles. The van der Waals surface area contributed by atoms with E-state index in [-0.39, 0.29) is 11.8 Å². The molecule has 0 radical (unpaired) electrons. The first kappa shape index (κ1) is 13.6. The molecule has 1 rings (SSSR count). The lowest BCUT2D eigenvalue weighted by Gasteiger charge is -2.03. The van der Waals surface area contributed by atoms with E-state index in [1.165, 1.54) is 11.8 Å². The standard InChI is InChI=1S/C12H16N2O2S/c1-2-16-11(15)8-17-7-9-3-5-10(6-4-9)12(13)14/h3-6H,2,7-8H2,1H3,(H3,13,14). The molecule has 1 aromatic rings. The number of nitrogens with one attached hydrogen (secondary N) is 1. The molecule has 5 heteroatoms. The smallest absolute Gasteiger partial charge is 0.315 e. The summed E-state index contributed by atoms with van der Waals surface area (Å²) in [6.45, 7) is 2.22. The summed E-state index contributed by atoms with van der Waals surface area (Å²) in [4.78, 5) is 11.1. The first-order valence-corrected chi connectivity index (χ1v) is 6.45. The van der Waals surface area contributed by atoms with Crippen molar-refractivity contribution in [2.75, 3.05) is 12.4 Å². The maximum Gasteiger partial charge on any atom is 0.315 e. The van der Waals surface area contributed by atoms with Crippen LogP contribution in [0.25, 0.3) is 0 Å². The summed E-state index contributed by atoms with van der Waals surface area (Å²) in [5.74, 6) is 0.993. The van der Waals surface area contributed by atoms with Gasteiger partial charge in [-0.25, -0.2) is 0 Å². The van der Waals surface area contributed by atoms with E-state index in [0.29, 0.717) is 17.9 Å². The van der Waals surface area contributed by atoms with Crippen LogP contribution in [-0.4, -0.2) is 24.2 Å². The third kappa shape index (κ3) is 4.91. The van der Waals surface area contributed by atoms with Gasteiger partial charge >= 0.3 is 5.97 Å². The number of ether oxygens (including phenoxy) is 1. The molecule has 0 saturated carbocycles. The van der Waals surface area contributed by atoms with Crippen LogP contribution in [0.4, 0.5) is 0 Å². The van der Waals surface area contributed by atoms with Gasteiger partial charge in [0, 0.05) is 11.3 Å². The average molecular weight is 252 g/mol. The Morgan fingerprint density at radius 3 is 2.59 bits per heavy atom. The summed E-state index contributed by atoms with van der Waals surface area (Å²) in [7, 11) is 0. The van der Waals surface area contributed by atoms with Crippen molar-refractivity contribution in [1.82, 2.24) is 0 Å². The third-order valence-electron chi connectivity index (χ3n) is 2.06. The van der Waals surface area contributed by atoms with Crippen LogP contribution in [0, 0.1) is 5.41 Å². The highest BCUT2D eigenvalue weighted by Gasteiger charge is 2.02. The molecule has 17 heavy (non-hydrogen) atoms. The molecule has 0 atom stereocenters. The van der Waals surface area contributed by atoms with Crippen molar-refractivity contribution < 1.29 is 9.53 Å². The molecule has 1 aromatic carbocycles. The van der Waals surface area contributed by atoms with Crippen molar-refractivity contribution in [3.63, 3.8) is 0 Å². The topological polar surface area (TPSA) is 76.2 Å². The molecular weight excluding hydrogens is 236 g/mol. The summed E-state index contributed by atoms with van der Waals surface area (Å²) < 4.78 is 4.83. The number of carbonyl (C=O) groups excluding carboxylic acids is 1. The fraction of sp³-hybridized carbons (Fsp3) is 0.333. The molecule has 0 fully saturated rings. The molecule has 0 heterocycles. The van der Waals surface area contributed by atoms with E-state index in [2.05, 4.69) is 0 Å². The Balaban J connectivity index is 2.37. The molecule has 0 unspecified atom stereocenters. The van der Waals surface area contributed by atoms with E-state index < -0.39 is 0 Å². The SMILES string of the molecule is CCOC(=O)CSCc1ccc(C(=N)N)cc1. The molecule has 0 spiro atoms. The molecule has 0 saturated heterocycles. The predicted molar refractivity (Wildman–Crippen MR) is 70.3 cm³/mol. The van der Waals surface area contributed by atoms with Gasteiger partial charge in [0.1, 0.15) is 5.84 Å². The normalized spacial score (nSPS) is 9.94. The number of carbonyl (C=O) groups is 1. The summed E-state index contributed by atoms with van der Waals surface area (Å²) >= 11 is 1.51. The van der Waals surface area contributed by atoms with Gasteiger partial charge in [-0.05, 0) is 12.5 Å². The zero-order chi connectivity index (χ0) is 12.7. The van der Waals surface area contributed by atoms with E-state index in [9.17, 15) is 4.79 Å². The maximum absolute atomic E-state index is 11.1. The first-order chi connectivity index (χ1) is 8.13. The first-order valence-electron chi connectivity index (χ1n) is 5.30. The van der Waals surface area contributed by atoms with Crippen LogP contribution in [-0.2, 0) is 15.3 Å². The van der Waals surface area contributed by atoms with Crippen LogP contribution in [0.3, 0.4) is 0 Å². The highest BCUT2D eigenvalue weighted by molar-refractivity contribution is 7.99. The Labute approximate surface area is 105 Å². The van der Waals surface area contributed by atoms with Crippen LogP contribution < -0.4 is 5.73 Å². The lowest BCUT2D eigenvalue weighted by atomic mass is 10.1. The molecule has 4 nitrogen and oxygen atoms in total. The van der Waals surface area contributed by atoms with Crippen molar-refractivity contribution in [2.45, 2.75) is 12.7 Å². The molecular formula is C12H16N2O2S.